The number of morpholine rings is 1. The van der Waals surface area contributed by atoms with E-state index >= 15 is 0 Å². The molecule has 1 aromatic carbocycles. The van der Waals surface area contributed by atoms with Crippen LogP contribution in [0.15, 0.2) is 24.3 Å². The maximum absolute atomic E-state index is 13.4. The SMILES string of the molecule is C[C@@H]1CN[C@H](c2ccccc2F)CO1. The Hall–Kier alpha value is -0.930. The first-order valence-electron chi connectivity index (χ1n) is 4.87. The zero-order chi connectivity index (χ0) is 9.97. The fraction of sp³-hybridized carbons (Fsp3) is 0.455. The molecule has 0 saturated carbocycles. The highest BCUT2D eigenvalue weighted by atomic mass is 19.1. The van der Waals surface area contributed by atoms with Gasteiger partial charge in [0.15, 0.2) is 0 Å². The number of halogens is 1. The van der Waals surface area contributed by atoms with E-state index in [9.17, 15) is 4.39 Å². The molecule has 14 heavy (non-hydrogen) atoms. The van der Waals surface area contributed by atoms with Gasteiger partial charge in [0.2, 0.25) is 0 Å². The minimum atomic E-state index is -0.164. The lowest BCUT2D eigenvalue weighted by Gasteiger charge is -2.28. The van der Waals surface area contributed by atoms with Crippen LogP contribution < -0.4 is 5.32 Å². The lowest BCUT2D eigenvalue weighted by atomic mass is 10.1. The molecule has 2 rings (SSSR count). The summed E-state index contributed by atoms with van der Waals surface area (Å²) in [5.74, 6) is -0.164. The van der Waals surface area contributed by atoms with E-state index in [4.69, 9.17) is 4.74 Å². The van der Waals surface area contributed by atoms with Gasteiger partial charge in [-0.1, -0.05) is 18.2 Å². The van der Waals surface area contributed by atoms with Gasteiger partial charge in [-0.25, -0.2) is 4.39 Å². The number of nitrogens with one attached hydrogen (secondary N) is 1. The number of hydrogen-bond acceptors (Lipinski definition) is 2. The number of hydrogen-bond donors (Lipinski definition) is 1. The van der Waals surface area contributed by atoms with E-state index in [1.165, 1.54) is 6.07 Å². The van der Waals surface area contributed by atoms with E-state index in [0.717, 1.165) is 6.54 Å². The molecule has 76 valence electrons. The molecule has 3 heteroatoms. The smallest absolute Gasteiger partial charge is 0.128 e. The molecule has 1 aliphatic heterocycles. The zero-order valence-electron chi connectivity index (χ0n) is 8.16. The van der Waals surface area contributed by atoms with Gasteiger partial charge < -0.3 is 10.1 Å². The topological polar surface area (TPSA) is 21.3 Å². The van der Waals surface area contributed by atoms with Crippen molar-refractivity contribution in [1.82, 2.24) is 5.32 Å². The second-order valence-electron chi connectivity index (χ2n) is 3.63. The van der Waals surface area contributed by atoms with E-state index < -0.39 is 0 Å². The molecule has 1 N–H and O–H groups in total. The lowest BCUT2D eigenvalue weighted by molar-refractivity contribution is 0.0141. The molecule has 0 bridgehead atoms. The van der Waals surface area contributed by atoms with Crippen molar-refractivity contribution in [3.05, 3.63) is 35.6 Å². The Morgan fingerprint density at radius 2 is 2.21 bits per heavy atom. The number of benzene rings is 1. The molecule has 0 aliphatic carbocycles. The van der Waals surface area contributed by atoms with Gasteiger partial charge >= 0.3 is 0 Å². The fourth-order valence-electron chi connectivity index (χ4n) is 1.64. The second kappa shape index (κ2) is 4.07. The van der Waals surface area contributed by atoms with Gasteiger partial charge in [-0.3, -0.25) is 0 Å². The van der Waals surface area contributed by atoms with E-state index in [0.29, 0.717) is 12.2 Å². The Morgan fingerprint density at radius 3 is 2.86 bits per heavy atom. The average molecular weight is 195 g/mol. The molecule has 1 fully saturated rings. The van der Waals surface area contributed by atoms with Crippen LogP contribution >= 0.6 is 0 Å². The summed E-state index contributed by atoms with van der Waals surface area (Å²) >= 11 is 0. The van der Waals surface area contributed by atoms with Crippen LogP contribution in [0.3, 0.4) is 0 Å². The summed E-state index contributed by atoms with van der Waals surface area (Å²) in [4.78, 5) is 0. The second-order valence-corrected chi connectivity index (χ2v) is 3.63. The first-order chi connectivity index (χ1) is 6.77. The molecule has 0 radical (unpaired) electrons. The molecular formula is C11H14FNO. The van der Waals surface area contributed by atoms with Gasteiger partial charge in [0.1, 0.15) is 5.82 Å². The molecule has 0 aromatic heterocycles. The molecule has 1 aliphatic rings. The third-order valence-electron chi connectivity index (χ3n) is 2.48. The summed E-state index contributed by atoms with van der Waals surface area (Å²) < 4.78 is 18.8. The summed E-state index contributed by atoms with van der Waals surface area (Å²) in [6.07, 6.45) is 0.220. The summed E-state index contributed by atoms with van der Waals surface area (Å²) in [6, 6.07) is 6.82. The quantitative estimate of drug-likeness (QED) is 0.738. The van der Waals surface area contributed by atoms with Gasteiger partial charge in [-0.2, -0.15) is 0 Å². The Kier molecular flexibility index (Phi) is 2.79. The molecule has 2 atom stereocenters. The maximum atomic E-state index is 13.4. The van der Waals surface area contributed by atoms with Crippen LogP contribution in [0.4, 0.5) is 4.39 Å². The minimum absolute atomic E-state index is 0.00704. The van der Waals surface area contributed by atoms with Gasteiger partial charge in [-0.05, 0) is 13.0 Å². The summed E-state index contributed by atoms with van der Waals surface area (Å²) in [5.41, 5.74) is 0.694. The molecule has 0 spiro atoms. The Morgan fingerprint density at radius 1 is 1.43 bits per heavy atom. The van der Waals surface area contributed by atoms with Gasteiger partial charge in [0, 0.05) is 12.1 Å². The van der Waals surface area contributed by atoms with E-state index in [1.54, 1.807) is 12.1 Å². The molecule has 1 aromatic rings. The number of rotatable bonds is 1. The number of ether oxygens (including phenoxy) is 1. The van der Waals surface area contributed by atoms with Gasteiger partial charge in [0.05, 0.1) is 18.8 Å². The van der Waals surface area contributed by atoms with E-state index in [-0.39, 0.29) is 18.0 Å². The van der Waals surface area contributed by atoms with Crippen LogP contribution in [0, 0.1) is 5.82 Å². The highest BCUT2D eigenvalue weighted by Crippen LogP contribution is 2.19. The zero-order valence-corrected chi connectivity index (χ0v) is 8.16. The first kappa shape index (κ1) is 9.62. The normalized spacial score (nSPS) is 27.6. The van der Waals surface area contributed by atoms with Crippen molar-refractivity contribution in [3.8, 4) is 0 Å². The van der Waals surface area contributed by atoms with Gasteiger partial charge in [0.25, 0.3) is 0 Å². The first-order valence-corrected chi connectivity index (χ1v) is 4.87. The van der Waals surface area contributed by atoms with Gasteiger partial charge in [-0.15, -0.1) is 0 Å². The predicted octanol–water partition coefficient (Wildman–Crippen LogP) is 1.88. The van der Waals surface area contributed by atoms with Crippen LogP contribution in [0.5, 0.6) is 0 Å². The monoisotopic (exact) mass is 195 g/mol. The van der Waals surface area contributed by atoms with Crippen LogP contribution in [0.25, 0.3) is 0 Å². The fourth-order valence-corrected chi connectivity index (χ4v) is 1.64. The highest BCUT2D eigenvalue weighted by molar-refractivity contribution is 5.21. The molecule has 1 heterocycles. The van der Waals surface area contributed by atoms with Crippen LogP contribution in [-0.2, 0) is 4.74 Å². The summed E-state index contributed by atoms with van der Waals surface area (Å²) in [7, 11) is 0. The predicted molar refractivity (Wildman–Crippen MR) is 52.6 cm³/mol. The van der Waals surface area contributed by atoms with Crippen LogP contribution in [0.1, 0.15) is 18.5 Å². The van der Waals surface area contributed by atoms with E-state index in [1.807, 2.05) is 13.0 Å². The molecule has 0 amide bonds. The minimum Gasteiger partial charge on any atom is -0.375 e. The van der Waals surface area contributed by atoms with E-state index in [2.05, 4.69) is 5.32 Å². The van der Waals surface area contributed by atoms with Crippen molar-refractivity contribution in [1.29, 1.82) is 0 Å². The third kappa shape index (κ3) is 1.94. The molecule has 1 saturated heterocycles. The van der Waals surface area contributed by atoms with Crippen molar-refractivity contribution in [2.75, 3.05) is 13.2 Å². The Balaban J connectivity index is 2.12. The third-order valence-corrected chi connectivity index (χ3v) is 2.48. The Labute approximate surface area is 83.1 Å². The van der Waals surface area contributed by atoms with Crippen LogP contribution in [0.2, 0.25) is 0 Å². The standard InChI is InChI=1S/C11H14FNO/c1-8-6-13-11(7-14-8)9-4-2-3-5-10(9)12/h2-5,8,11,13H,6-7H2,1H3/t8-,11+/m1/s1. The largest absolute Gasteiger partial charge is 0.375 e. The summed E-state index contributed by atoms with van der Waals surface area (Å²) in [5, 5.41) is 3.26. The Bertz CT molecular complexity index is 308. The van der Waals surface area contributed by atoms with Crippen molar-refractivity contribution in [3.63, 3.8) is 0 Å². The highest BCUT2D eigenvalue weighted by Gasteiger charge is 2.21. The molecule has 0 unspecified atom stereocenters. The molecule has 2 nitrogen and oxygen atoms in total. The average Bonchev–Trinajstić information content (AvgIpc) is 2.20. The maximum Gasteiger partial charge on any atom is 0.128 e. The van der Waals surface area contributed by atoms with Crippen molar-refractivity contribution in [2.24, 2.45) is 0 Å². The summed E-state index contributed by atoms with van der Waals surface area (Å²) in [6.45, 7) is 3.33. The molecular weight excluding hydrogens is 181 g/mol. The van der Waals surface area contributed by atoms with Crippen molar-refractivity contribution in [2.45, 2.75) is 19.1 Å². The van der Waals surface area contributed by atoms with Crippen LogP contribution in [-0.4, -0.2) is 19.3 Å². The van der Waals surface area contributed by atoms with Crippen molar-refractivity contribution < 1.29 is 9.13 Å². The van der Waals surface area contributed by atoms with Crippen molar-refractivity contribution >= 4 is 0 Å². The lowest BCUT2D eigenvalue weighted by Crippen LogP contribution is -2.39.